The van der Waals surface area contributed by atoms with E-state index in [1.54, 1.807) is 18.2 Å². The Labute approximate surface area is 148 Å². The first kappa shape index (κ1) is 17.3. The van der Waals surface area contributed by atoms with Crippen molar-refractivity contribution in [2.24, 2.45) is 0 Å². The van der Waals surface area contributed by atoms with Crippen LogP contribution in [0.2, 0.25) is 0 Å². The van der Waals surface area contributed by atoms with Gasteiger partial charge in [0.25, 0.3) is 5.91 Å². The molecule has 1 amide bonds. The molecule has 25 heavy (non-hydrogen) atoms. The zero-order valence-corrected chi connectivity index (χ0v) is 14.8. The predicted molar refractivity (Wildman–Crippen MR) is 102 cm³/mol. The number of phenolic OH excluding ortho intramolecular Hbond substituents is 1. The van der Waals surface area contributed by atoms with E-state index in [9.17, 15) is 9.90 Å². The molecule has 1 aliphatic rings. The van der Waals surface area contributed by atoms with E-state index in [4.69, 9.17) is 0 Å². The molecule has 2 N–H and O–H groups in total. The summed E-state index contributed by atoms with van der Waals surface area (Å²) >= 11 is 0. The Balaban J connectivity index is 1.65. The molecule has 2 aromatic carbocycles. The minimum absolute atomic E-state index is 0.00600. The first-order chi connectivity index (χ1) is 12.1. The van der Waals surface area contributed by atoms with E-state index >= 15 is 0 Å². The number of piperazine rings is 1. The van der Waals surface area contributed by atoms with Crippen LogP contribution in [0.4, 0.5) is 11.4 Å². The standard InChI is InChI=1S/C20H25N3O2/c1-3-22-10-12-23(13-11-22)17-7-5-16(6-8-17)21-20(25)18-14-15(2)4-9-19(18)24/h4-9,14,24H,3,10-13H2,1-2H3,(H,21,25). The predicted octanol–water partition coefficient (Wildman–Crippen LogP) is 3.09. The van der Waals surface area contributed by atoms with Crippen LogP contribution in [0.1, 0.15) is 22.8 Å². The number of benzene rings is 2. The van der Waals surface area contributed by atoms with Crippen LogP contribution in [-0.2, 0) is 0 Å². The van der Waals surface area contributed by atoms with Crippen LogP contribution in [0.3, 0.4) is 0 Å². The summed E-state index contributed by atoms with van der Waals surface area (Å²) in [7, 11) is 0. The third kappa shape index (κ3) is 4.12. The highest BCUT2D eigenvalue weighted by atomic mass is 16.3. The second kappa shape index (κ2) is 7.57. The lowest BCUT2D eigenvalue weighted by Crippen LogP contribution is -2.46. The fourth-order valence-corrected chi connectivity index (χ4v) is 3.11. The van der Waals surface area contributed by atoms with Crippen LogP contribution in [-0.4, -0.2) is 48.6 Å². The van der Waals surface area contributed by atoms with Gasteiger partial charge in [0.05, 0.1) is 5.56 Å². The van der Waals surface area contributed by atoms with Gasteiger partial charge in [-0.15, -0.1) is 0 Å². The van der Waals surface area contributed by atoms with Crippen LogP contribution < -0.4 is 10.2 Å². The summed E-state index contributed by atoms with van der Waals surface area (Å²) < 4.78 is 0. The van der Waals surface area contributed by atoms with Crippen LogP contribution in [0.25, 0.3) is 0 Å². The van der Waals surface area contributed by atoms with Crippen molar-refractivity contribution in [3.63, 3.8) is 0 Å². The van der Waals surface area contributed by atoms with Crippen molar-refractivity contribution in [1.29, 1.82) is 0 Å². The summed E-state index contributed by atoms with van der Waals surface area (Å²) in [6, 6.07) is 12.9. The van der Waals surface area contributed by atoms with Crippen molar-refractivity contribution in [1.82, 2.24) is 4.90 Å². The van der Waals surface area contributed by atoms with E-state index in [1.165, 1.54) is 5.69 Å². The smallest absolute Gasteiger partial charge is 0.259 e. The van der Waals surface area contributed by atoms with Crippen LogP contribution in [0, 0.1) is 6.92 Å². The van der Waals surface area contributed by atoms with Gasteiger partial charge in [-0.25, -0.2) is 0 Å². The average Bonchev–Trinajstić information content (AvgIpc) is 2.64. The third-order valence-corrected chi connectivity index (χ3v) is 4.71. The van der Waals surface area contributed by atoms with Crippen molar-refractivity contribution in [3.05, 3.63) is 53.6 Å². The number of carbonyl (C=O) groups excluding carboxylic acids is 1. The van der Waals surface area contributed by atoms with Crippen molar-refractivity contribution < 1.29 is 9.90 Å². The zero-order chi connectivity index (χ0) is 17.8. The molecule has 5 heteroatoms. The second-order valence-corrected chi connectivity index (χ2v) is 6.44. The summed E-state index contributed by atoms with van der Waals surface area (Å²) in [6.07, 6.45) is 0. The fraction of sp³-hybridized carbons (Fsp3) is 0.350. The molecule has 1 heterocycles. The van der Waals surface area contributed by atoms with Crippen molar-refractivity contribution in [3.8, 4) is 5.75 Å². The number of nitrogens with zero attached hydrogens (tertiary/aromatic N) is 2. The number of carbonyl (C=O) groups is 1. The molecule has 0 unspecified atom stereocenters. The maximum Gasteiger partial charge on any atom is 0.259 e. The highest BCUT2D eigenvalue weighted by molar-refractivity contribution is 6.06. The van der Waals surface area contributed by atoms with E-state index in [2.05, 4.69) is 22.0 Å². The normalized spacial score (nSPS) is 15.2. The van der Waals surface area contributed by atoms with Crippen molar-refractivity contribution in [2.75, 3.05) is 42.9 Å². The van der Waals surface area contributed by atoms with Gasteiger partial charge in [0.15, 0.2) is 0 Å². The van der Waals surface area contributed by atoms with Gasteiger partial charge in [-0.3, -0.25) is 4.79 Å². The Morgan fingerprint density at radius 1 is 1.08 bits per heavy atom. The third-order valence-electron chi connectivity index (χ3n) is 4.71. The molecule has 0 spiro atoms. The minimum atomic E-state index is -0.300. The molecule has 0 saturated carbocycles. The summed E-state index contributed by atoms with van der Waals surface area (Å²) in [5, 5.41) is 12.7. The second-order valence-electron chi connectivity index (χ2n) is 6.44. The largest absolute Gasteiger partial charge is 0.507 e. The molecule has 132 valence electrons. The molecule has 1 fully saturated rings. The summed E-state index contributed by atoms with van der Waals surface area (Å²) in [6.45, 7) is 9.41. The summed E-state index contributed by atoms with van der Waals surface area (Å²) in [4.78, 5) is 17.2. The number of hydrogen-bond donors (Lipinski definition) is 2. The molecular weight excluding hydrogens is 314 g/mol. The number of likely N-dealkylation sites (N-methyl/N-ethyl adjacent to an activating group) is 1. The lowest BCUT2D eigenvalue weighted by atomic mass is 10.1. The van der Waals surface area contributed by atoms with Gasteiger partial charge in [-0.2, -0.15) is 0 Å². The number of anilines is 2. The molecular formula is C20H25N3O2. The number of phenols is 1. The highest BCUT2D eigenvalue weighted by Gasteiger charge is 2.16. The monoisotopic (exact) mass is 339 g/mol. The number of aryl methyl sites for hydroxylation is 1. The molecule has 1 aliphatic heterocycles. The molecule has 1 saturated heterocycles. The average molecular weight is 339 g/mol. The Morgan fingerprint density at radius 3 is 2.40 bits per heavy atom. The molecule has 5 nitrogen and oxygen atoms in total. The first-order valence-corrected chi connectivity index (χ1v) is 8.75. The summed E-state index contributed by atoms with van der Waals surface area (Å²) in [5.74, 6) is -0.306. The topological polar surface area (TPSA) is 55.8 Å². The van der Waals surface area contributed by atoms with Gasteiger partial charge >= 0.3 is 0 Å². The fourth-order valence-electron chi connectivity index (χ4n) is 3.11. The molecule has 0 atom stereocenters. The number of amides is 1. The van der Waals surface area contributed by atoms with Gasteiger partial charge in [0, 0.05) is 37.6 Å². The Hall–Kier alpha value is -2.53. The molecule has 3 rings (SSSR count). The molecule has 0 radical (unpaired) electrons. The lowest BCUT2D eigenvalue weighted by molar-refractivity contribution is 0.102. The van der Waals surface area contributed by atoms with E-state index < -0.39 is 0 Å². The highest BCUT2D eigenvalue weighted by Crippen LogP contribution is 2.22. The number of nitrogens with one attached hydrogen (secondary N) is 1. The van der Waals surface area contributed by atoms with Gasteiger partial charge in [-0.05, 0) is 49.9 Å². The van der Waals surface area contributed by atoms with E-state index in [0.717, 1.165) is 44.0 Å². The minimum Gasteiger partial charge on any atom is -0.507 e. The molecule has 0 aliphatic carbocycles. The Kier molecular flexibility index (Phi) is 5.24. The van der Waals surface area contributed by atoms with E-state index in [-0.39, 0.29) is 11.7 Å². The first-order valence-electron chi connectivity index (χ1n) is 8.75. The van der Waals surface area contributed by atoms with Crippen molar-refractivity contribution >= 4 is 17.3 Å². The van der Waals surface area contributed by atoms with Gasteiger partial charge in [0.2, 0.25) is 0 Å². The molecule has 2 aromatic rings. The maximum atomic E-state index is 12.4. The van der Waals surface area contributed by atoms with Crippen molar-refractivity contribution in [2.45, 2.75) is 13.8 Å². The van der Waals surface area contributed by atoms with Gasteiger partial charge < -0.3 is 20.2 Å². The van der Waals surface area contributed by atoms with E-state index in [1.807, 2.05) is 31.2 Å². The Morgan fingerprint density at radius 2 is 1.76 bits per heavy atom. The lowest BCUT2D eigenvalue weighted by Gasteiger charge is -2.35. The SMILES string of the molecule is CCN1CCN(c2ccc(NC(=O)c3cc(C)ccc3O)cc2)CC1. The number of hydrogen-bond acceptors (Lipinski definition) is 4. The zero-order valence-electron chi connectivity index (χ0n) is 14.8. The Bertz CT molecular complexity index is 735. The van der Waals surface area contributed by atoms with E-state index in [0.29, 0.717) is 5.56 Å². The van der Waals surface area contributed by atoms with Gasteiger partial charge in [-0.1, -0.05) is 18.6 Å². The quantitative estimate of drug-likeness (QED) is 0.899. The molecule has 0 bridgehead atoms. The van der Waals surface area contributed by atoms with Gasteiger partial charge in [0.1, 0.15) is 5.75 Å². The number of rotatable bonds is 4. The van der Waals surface area contributed by atoms with Crippen LogP contribution in [0.5, 0.6) is 5.75 Å². The summed E-state index contributed by atoms with van der Waals surface area (Å²) in [5.41, 5.74) is 3.12. The van der Waals surface area contributed by atoms with Crippen LogP contribution in [0.15, 0.2) is 42.5 Å². The van der Waals surface area contributed by atoms with Crippen LogP contribution >= 0.6 is 0 Å². The number of aromatic hydroxyl groups is 1. The molecule has 0 aromatic heterocycles. The maximum absolute atomic E-state index is 12.4.